The van der Waals surface area contributed by atoms with Gasteiger partial charge in [-0.1, -0.05) is 43.1 Å². The molecule has 1 heterocycles. The third-order valence-electron chi connectivity index (χ3n) is 3.19. The van der Waals surface area contributed by atoms with Crippen molar-refractivity contribution in [2.75, 3.05) is 6.61 Å². The van der Waals surface area contributed by atoms with E-state index in [1.165, 1.54) is 0 Å². The first-order chi connectivity index (χ1) is 9.74. The summed E-state index contributed by atoms with van der Waals surface area (Å²) >= 11 is 6.06. The van der Waals surface area contributed by atoms with Gasteiger partial charge in [-0.15, -0.1) is 0 Å². The molecule has 3 atom stereocenters. The number of ether oxygens (including phenoxy) is 3. The Morgan fingerprint density at radius 2 is 2.25 bits per heavy atom. The van der Waals surface area contributed by atoms with Crippen molar-refractivity contribution in [1.82, 2.24) is 0 Å². The molecule has 2 rings (SSSR count). The summed E-state index contributed by atoms with van der Waals surface area (Å²) in [7, 11) is 0. The summed E-state index contributed by atoms with van der Waals surface area (Å²) in [6.45, 7) is 2.74. The number of carbonyl (C=O) groups excluding carboxylic acids is 1. The summed E-state index contributed by atoms with van der Waals surface area (Å²) in [4.78, 5) is 11.1. The van der Waals surface area contributed by atoms with Crippen molar-refractivity contribution >= 4 is 17.9 Å². The Bertz CT molecular complexity index is 438. The van der Waals surface area contributed by atoms with Crippen LogP contribution >= 0.6 is 11.6 Å². The summed E-state index contributed by atoms with van der Waals surface area (Å²) in [5.74, 6) is 0. The first kappa shape index (κ1) is 15.4. The third kappa shape index (κ3) is 4.03. The lowest BCUT2D eigenvalue weighted by Gasteiger charge is -2.33. The van der Waals surface area contributed by atoms with Gasteiger partial charge in [0.1, 0.15) is 12.2 Å². The SMILES string of the molecule is CCC[C@H]1OC[C@@H](OCc2ccccc2Cl)[C@@H](C=O)O1. The number of benzene rings is 1. The molecular formula is C15H19ClO4. The fourth-order valence-electron chi connectivity index (χ4n) is 2.06. The molecule has 0 amide bonds. The monoisotopic (exact) mass is 298 g/mol. The van der Waals surface area contributed by atoms with Gasteiger partial charge in [-0.3, -0.25) is 0 Å². The van der Waals surface area contributed by atoms with Gasteiger partial charge in [0.05, 0.1) is 13.2 Å². The van der Waals surface area contributed by atoms with Crippen LogP contribution in [0.3, 0.4) is 0 Å². The summed E-state index contributed by atoms with van der Waals surface area (Å²) in [5.41, 5.74) is 0.884. The van der Waals surface area contributed by atoms with Crippen molar-refractivity contribution in [3.63, 3.8) is 0 Å². The fraction of sp³-hybridized carbons (Fsp3) is 0.533. The molecule has 0 N–H and O–H groups in total. The molecule has 1 aromatic rings. The molecular weight excluding hydrogens is 280 g/mol. The van der Waals surface area contributed by atoms with Crippen LogP contribution in [0.4, 0.5) is 0 Å². The molecule has 0 saturated carbocycles. The number of rotatable bonds is 6. The van der Waals surface area contributed by atoms with E-state index in [1.807, 2.05) is 31.2 Å². The quantitative estimate of drug-likeness (QED) is 0.758. The minimum atomic E-state index is -0.581. The normalized spacial score (nSPS) is 26.4. The van der Waals surface area contributed by atoms with Gasteiger partial charge in [-0.2, -0.15) is 0 Å². The van der Waals surface area contributed by atoms with Gasteiger partial charge in [0.25, 0.3) is 0 Å². The molecule has 0 radical (unpaired) electrons. The lowest BCUT2D eigenvalue weighted by atomic mass is 10.2. The first-order valence-corrected chi connectivity index (χ1v) is 7.19. The van der Waals surface area contributed by atoms with Crippen LogP contribution in [-0.2, 0) is 25.6 Å². The summed E-state index contributed by atoms with van der Waals surface area (Å²) < 4.78 is 16.8. The van der Waals surface area contributed by atoms with Gasteiger partial charge < -0.3 is 19.0 Å². The van der Waals surface area contributed by atoms with E-state index in [9.17, 15) is 4.79 Å². The van der Waals surface area contributed by atoms with Crippen LogP contribution in [0.1, 0.15) is 25.3 Å². The molecule has 110 valence electrons. The number of aldehydes is 1. The maximum Gasteiger partial charge on any atom is 0.158 e. The van der Waals surface area contributed by atoms with Gasteiger partial charge in [0.15, 0.2) is 12.6 Å². The Kier molecular flexibility index (Phi) is 5.98. The highest BCUT2D eigenvalue weighted by molar-refractivity contribution is 6.31. The Morgan fingerprint density at radius 3 is 2.95 bits per heavy atom. The molecule has 20 heavy (non-hydrogen) atoms. The van der Waals surface area contributed by atoms with E-state index in [-0.39, 0.29) is 6.29 Å². The van der Waals surface area contributed by atoms with E-state index in [4.69, 9.17) is 25.8 Å². The van der Waals surface area contributed by atoms with Crippen LogP contribution in [0.15, 0.2) is 24.3 Å². The minimum Gasteiger partial charge on any atom is -0.368 e. The van der Waals surface area contributed by atoms with Crippen LogP contribution in [0.25, 0.3) is 0 Å². The predicted octanol–water partition coefficient (Wildman–Crippen LogP) is 2.97. The zero-order valence-electron chi connectivity index (χ0n) is 11.5. The third-order valence-corrected chi connectivity index (χ3v) is 3.56. The van der Waals surface area contributed by atoms with Crippen molar-refractivity contribution in [3.05, 3.63) is 34.9 Å². The van der Waals surface area contributed by atoms with E-state index < -0.39 is 12.2 Å². The fourth-order valence-corrected chi connectivity index (χ4v) is 2.25. The number of hydrogen-bond acceptors (Lipinski definition) is 4. The number of halogens is 1. The highest BCUT2D eigenvalue weighted by Gasteiger charge is 2.32. The van der Waals surface area contributed by atoms with Crippen molar-refractivity contribution in [2.45, 2.75) is 44.9 Å². The molecule has 0 unspecified atom stereocenters. The zero-order valence-corrected chi connectivity index (χ0v) is 12.2. The standard InChI is InChI=1S/C15H19ClO4/c1-2-5-15-19-10-14(13(8-17)20-15)18-9-11-6-3-4-7-12(11)16/h3-4,6-8,13-15H,2,5,9-10H2,1H3/t13-,14-,15+/m1/s1. The van der Waals surface area contributed by atoms with E-state index in [2.05, 4.69) is 0 Å². The van der Waals surface area contributed by atoms with Crippen LogP contribution in [-0.4, -0.2) is 31.4 Å². The molecule has 0 spiro atoms. The first-order valence-electron chi connectivity index (χ1n) is 6.82. The van der Waals surface area contributed by atoms with Crippen LogP contribution in [0, 0.1) is 0 Å². The molecule has 4 nitrogen and oxygen atoms in total. The maximum atomic E-state index is 11.1. The van der Waals surface area contributed by atoms with E-state index >= 15 is 0 Å². The molecule has 1 saturated heterocycles. The Hall–Kier alpha value is -0.940. The number of carbonyl (C=O) groups is 1. The second-order valence-corrected chi connectivity index (χ2v) is 5.14. The van der Waals surface area contributed by atoms with Crippen LogP contribution in [0.5, 0.6) is 0 Å². The van der Waals surface area contributed by atoms with Gasteiger partial charge in [0, 0.05) is 5.02 Å². The molecule has 0 aromatic heterocycles. The van der Waals surface area contributed by atoms with Gasteiger partial charge >= 0.3 is 0 Å². The maximum absolute atomic E-state index is 11.1. The molecule has 0 bridgehead atoms. The average molecular weight is 299 g/mol. The van der Waals surface area contributed by atoms with Gasteiger partial charge in [0.2, 0.25) is 0 Å². The van der Waals surface area contributed by atoms with Gasteiger partial charge in [-0.25, -0.2) is 0 Å². The molecule has 1 aliphatic heterocycles. The predicted molar refractivity (Wildman–Crippen MR) is 75.6 cm³/mol. The van der Waals surface area contributed by atoms with E-state index in [0.29, 0.717) is 18.2 Å². The highest BCUT2D eigenvalue weighted by Crippen LogP contribution is 2.21. The smallest absolute Gasteiger partial charge is 0.158 e. The molecule has 1 aliphatic rings. The summed E-state index contributed by atoms with van der Waals surface area (Å²) in [6.07, 6.45) is 1.22. The van der Waals surface area contributed by atoms with Gasteiger partial charge in [-0.05, 0) is 18.1 Å². The molecule has 0 aliphatic carbocycles. The number of hydrogen-bond donors (Lipinski definition) is 0. The van der Waals surface area contributed by atoms with Crippen molar-refractivity contribution in [1.29, 1.82) is 0 Å². The molecule has 5 heteroatoms. The molecule has 1 fully saturated rings. The second-order valence-electron chi connectivity index (χ2n) is 4.73. The minimum absolute atomic E-state index is 0.310. The van der Waals surface area contributed by atoms with Crippen LogP contribution in [0.2, 0.25) is 5.02 Å². The summed E-state index contributed by atoms with van der Waals surface area (Å²) in [6, 6.07) is 7.46. The second kappa shape index (κ2) is 7.74. The lowest BCUT2D eigenvalue weighted by molar-refractivity contribution is -0.255. The van der Waals surface area contributed by atoms with Crippen molar-refractivity contribution in [3.8, 4) is 0 Å². The lowest BCUT2D eigenvalue weighted by Crippen LogP contribution is -2.45. The Labute approximate surface area is 124 Å². The van der Waals surface area contributed by atoms with Crippen molar-refractivity contribution < 1.29 is 19.0 Å². The van der Waals surface area contributed by atoms with Crippen molar-refractivity contribution in [2.24, 2.45) is 0 Å². The Balaban J connectivity index is 1.89. The summed E-state index contributed by atoms with van der Waals surface area (Å²) in [5, 5.41) is 0.650. The zero-order chi connectivity index (χ0) is 14.4. The topological polar surface area (TPSA) is 44.8 Å². The molecule has 1 aromatic carbocycles. The highest BCUT2D eigenvalue weighted by atomic mass is 35.5. The van der Waals surface area contributed by atoms with Crippen LogP contribution < -0.4 is 0 Å². The largest absolute Gasteiger partial charge is 0.368 e. The van der Waals surface area contributed by atoms with E-state index in [0.717, 1.165) is 24.7 Å². The Morgan fingerprint density at radius 1 is 1.45 bits per heavy atom. The average Bonchev–Trinajstić information content (AvgIpc) is 2.47. The van der Waals surface area contributed by atoms with E-state index in [1.54, 1.807) is 0 Å².